The van der Waals surface area contributed by atoms with Gasteiger partial charge in [0, 0.05) is 17.3 Å². The lowest BCUT2D eigenvalue weighted by Crippen LogP contribution is -2.38. The van der Waals surface area contributed by atoms with E-state index in [0.29, 0.717) is 28.5 Å². The second-order valence-corrected chi connectivity index (χ2v) is 8.09. The van der Waals surface area contributed by atoms with Gasteiger partial charge in [-0.2, -0.15) is 5.26 Å². The van der Waals surface area contributed by atoms with Gasteiger partial charge >= 0.3 is 0 Å². The fraction of sp³-hybridized carbons (Fsp3) is 0.167. The average molecular weight is 486 g/mol. The van der Waals surface area contributed by atoms with Crippen LogP contribution in [0.2, 0.25) is 10.2 Å². The first-order valence-corrected chi connectivity index (χ1v) is 10.6. The van der Waals surface area contributed by atoms with Crippen LogP contribution < -0.4 is 9.47 Å². The topological polar surface area (TPSA) is 67.5 Å². The molecule has 4 rings (SSSR count). The van der Waals surface area contributed by atoms with Gasteiger partial charge in [-0.3, -0.25) is 9.36 Å². The zero-order chi connectivity index (χ0) is 23.7. The van der Waals surface area contributed by atoms with Crippen molar-refractivity contribution in [3.05, 3.63) is 80.8 Å². The van der Waals surface area contributed by atoms with E-state index in [9.17, 15) is 9.18 Å². The molecular formula is C24H18Cl2FN3O3. The van der Waals surface area contributed by atoms with Crippen molar-refractivity contribution in [2.24, 2.45) is 0 Å². The molecule has 0 unspecified atom stereocenters. The van der Waals surface area contributed by atoms with Crippen molar-refractivity contribution in [3.8, 4) is 17.6 Å². The number of hydrogen-bond donors (Lipinski definition) is 0. The van der Waals surface area contributed by atoms with Crippen LogP contribution in [-0.4, -0.2) is 36.1 Å². The van der Waals surface area contributed by atoms with Crippen molar-refractivity contribution in [3.63, 3.8) is 0 Å². The van der Waals surface area contributed by atoms with E-state index in [0.717, 1.165) is 5.56 Å². The van der Waals surface area contributed by atoms with Crippen LogP contribution in [0.25, 0.3) is 11.8 Å². The lowest BCUT2D eigenvalue weighted by molar-refractivity contribution is 0.0740. The molecule has 0 saturated carbocycles. The lowest BCUT2D eigenvalue weighted by atomic mass is 10.1. The fourth-order valence-corrected chi connectivity index (χ4v) is 4.17. The predicted molar refractivity (Wildman–Crippen MR) is 124 cm³/mol. The molecule has 9 heteroatoms. The van der Waals surface area contributed by atoms with Crippen molar-refractivity contribution in [1.29, 1.82) is 5.26 Å². The van der Waals surface area contributed by atoms with Crippen LogP contribution >= 0.6 is 23.2 Å². The monoisotopic (exact) mass is 485 g/mol. The second kappa shape index (κ2) is 9.18. The summed E-state index contributed by atoms with van der Waals surface area (Å²) < 4.78 is 26.1. The highest BCUT2D eigenvalue weighted by Gasteiger charge is 2.31. The molecule has 0 bridgehead atoms. The van der Waals surface area contributed by atoms with Gasteiger partial charge in [0.15, 0.2) is 0 Å². The Morgan fingerprint density at radius 2 is 1.94 bits per heavy atom. The molecule has 3 aromatic rings. The van der Waals surface area contributed by atoms with E-state index in [1.807, 2.05) is 12.1 Å². The van der Waals surface area contributed by atoms with Crippen LogP contribution in [0.5, 0.6) is 11.5 Å². The summed E-state index contributed by atoms with van der Waals surface area (Å²) in [5.74, 6) is 0.366. The van der Waals surface area contributed by atoms with E-state index in [4.69, 9.17) is 37.9 Å². The van der Waals surface area contributed by atoms with Gasteiger partial charge in [-0.1, -0.05) is 29.3 Å². The normalized spacial score (nSPS) is 14.2. The van der Waals surface area contributed by atoms with Gasteiger partial charge in [0.05, 0.1) is 37.9 Å². The quantitative estimate of drug-likeness (QED) is 0.479. The molecule has 1 amide bonds. The molecule has 0 radical (unpaired) electrons. The zero-order valence-electron chi connectivity index (χ0n) is 17.7. The number of hydrogen-bond acceptors (Lipinski definition) is 4. The van der Waals surface area contributed by atoms with E-state index < -0.39 is 5.82 Å². The number of fused-ring (bicyclic) bond motifs is 1. The number of nitriles is 1. The van der Waals surface area contributed by atoms with Crippen molar-refractivity contribution in [2.45, 2.75) is 6.54 Å². The first-order chi connectivity index (χ1) is 15.9. The molecule has 0 aliphatic carbocycles. The molecule has 1 aromatic heterocycles. The highest BCUT2D eigenvalue weighted by atomic mass is 35.5. The summed E-state index contributed by atoms with van der Waals surface area (Å²) in [6, 6.07) is 12.9. The summed E-state index contributed by atoms with van der Waals surface area (Å²) in [6.45, 7) is 0.460. The van der Waals surface area contributed by atoms with E-state index in [2.05, 4.69) is 0 Å². The van der Waals surface area contributed by atoms with Crippen LogP contribution in [0.1, 0.15) is 27.2 Å². The number of amides is 1. The Balaban J connectivity index is 1.77. The van der Waals surface area contributed by atoms with E-state index in [1.165, 1.54) is 18.2 Å². The van der Waals surface area contributed by atoms with Gasteiger partial charge in [0.2, 0.25) is 0 Å². The summed E-state index contributed by atoms with van der Waals surface area (Å²) in [7, 11) is 3.11. The minimum absolute atomic E-state index is 0.0760. The minimum Gasteiger partial charge on any atom is -0.497 e. The fourth-order valence-electron chi connectivity index (χ4n) is 3.73. The third-order valence-corrected chi connectivity index (χ3v) is 6.10. The number of nitrogens with zero attached hydrogens (tertiary/aromatic N) is 3. The molecule has 2 heterocycles. The van der Waals surface area contributed by atoms with Gasteiger partial charge in [-0.05, 0) is 42.0 Å². The minimum atomic E-state index is -0.602. The second-order valence-electron chi connectivity index (χ2n) is 7.33. The molecular weight excluding hydrogens is 468 g/mol. The van der Waals surface area contributed by atoms with E-state index >= 15 is 0 Å². The molecule has 33 heavy (non-hydrogen) atoms. The smallest absolute Gasteiger partial charge is 0.271 e. The van der Waals surface area contributed by atoms with Crippen LogP contribution in [0.4, 0.5) is 4.39 Å². The third-order valence-electron chi connectivity index (χ3n) is 5.34. The molecule has 0 spiro atoms. The number of rotatable bonds is 5. The Hall–Kier alpha value is -3.47. The van der Waals surface area contributed by atoms with Gasteiger partial charge < -0.3 is 14.4 Å². The Labute approximate surface area is 200 Å². The number of benzene rings is 2. The molecule has 6 nitrogen and oxygen atoms in total. The van der Waals surface area contributed by atoms with Crippen molar-refractivity contribution >= 4 is 40.9 Å². The molecule has 168 valence electrons. The summed E-state index contributed by atoms with van der Waals surface area (Å²) in [5.41, 5.74) is 2.25. The Morgan fingerprint density at radius 3 is 2.64 bits per heavy atom. The number of halogens is 3. The number of carbonyl (C=O) groups is 1. The lowest BCUT2D eigenvalue weighted by Gasteiger charge is -2.31. The van der Waals surface area contributed by atoms with E-state index in [1.54, 1.807) is 48.0 Å². The highest BCUT2D eigenvalue weighted by Crippen LogP contribution is 2.36. The van der Waals surface area contributed by atoms with Crippen LogP contribution in [0, 0.1) is 17.1 Å². The van der Waals surface area contributed by atoms with Crippen molar-refractivity contribution in [1.82, 2.24) is 9.47 Å². The predicted octanol–water partition coefficient (Wildman–Crippen LogP) is 5.48. The summed E-state index contributed by atoms with van der Waals surface area (Å²) in [4.78, 5) is 14.9. The largest absolute Gasteiger partial charge is 0.497 e. The average Bonchev–Trinajstić information content (AvgIpc) is 3.13. The van der Waals surface area contributed by atoms with E-state index in [-0.39, 0.29) is 34.7 Å². The Bertz CT molecular complexity index is 1330. The number of aromatic nitrogens is 1. The first-order valence-electron chi connectivity index (χ1n) is 9.83. The standard InChI is InChI=1S/C24H18Cl2FN3O3/c1-32-18-5-4-15(22(9-18)33-2)12-29-13-17(8-14-3-6-20(27)16(7-14)11-28)30-21(24(29)31)10-19(25)23(30)26/h3-10H,12-13H2,1-2H3. The van der Waals surface area contributed by atoms with Gasteiger partial charge in [0.1, 0.15) is 34.2 Å². The molecule has 0 saturated heterocycles. The zero-order valence-corrected chi connectivity index (χ0v) is 19.2. The van der Waals surface area contributed by atoms with Crippen molar-refractivity contribution < 1.29 is 18.7 Å². The maximum atomic E-state index is 13.8. The molecule has 0 N–H and O–H groups in total. The number of methoxy groups -OCH3 is 2. The SMILES string of the molecule is COc1ccc(CN2CC(=Cc3ccc(F)c(C#N)c3)n3c(cc(Cl)c3Cl)C2=O)c(OC)c1. The van der Waals surface area contributed by atoms with Crippen molar-refractivity contribution in [2.75, 3.05) is 20.8 Å². The Kier molecular flexibility index (Phi) is 6.32. The highest BCUT2D eigenvalue weighted by molar-refractivity contribution is 6.42. The van der Waals surface area contributed by atoms with Crippen LogP contribution in [0.15, 0.2) is 42.5 Å². The number of carbonyl (C=O) groups excluding carboxylic acids is 1. The first kappa shape index (κ1) is 22.7. The molecule has 0 atom stereocenters. The Morgan fingerprint density at radius 1 is 1.15 bits per heavy atom. The third kappa shape index (κ3) is 4.28. The summed E-state index contributed by atoms with van der Waals surface area (Å²) in [5, 5.41) is 9.60. The maximum Gasteiger partial charge on any atom is 0.271 e. The van der Waals surface area contributed by atoms with Crippen LogP contribution in [0.3, 0.4) is 0 Å². The van der Waals surface area contributed by atoms with Gasteiger partial charge in [-0.25, -0.2) is 4.39 Å². The van der Waals surface area contributed by atoms with Gasteiger partial charge in [-0.15, -0.1) is 0 Å². The van der Waals surface area contributed by atoms with Gasteiger partial charge in [0.25, 0.3) is 5.91 Å². The molecule has 0 fully saturated rings. The molecule has 1 aliphatic heterocycles. The molecule has 2 aromatic carbocycles. The maximum absolute atomic E-state index is 13.8. The van der Waals surface area contributed by atoms with Crippen LogP contribution in [-0.2, 0) is 6.54 Å². The molecule has 1 aliphatic rings. The summed E-state index contributed by atoms with van der Waals surface area (Å²) in [6.07, 6.45) is 1.75. The summed E-state index contributed by atoms with van der Waals surface area (Å²) >= 11 is 12.6. The number of ether oxygens (including phenoxy) is 2.